The van der Waals surface area contributed by atoms with Crippen LogP contribution in [0.2, 0.25) is 0 Å². The normalized spacial score (nSPS) is 10.6. The van der Waals surface area contributed by atoms with E-state index in [1.807, 2.05) is 54.6 Å². The Labute approximate surface area is 149 Å². The van der Waals surface area contributed by atoms with Gasteiger partial charge in [0, 0.05) is 0 Å². The van der Waals surface area contributed by atoms with Crippen molar-refractivity contribution >= 4 is 23.8 Å². The quantitative estimate of drug-likeness (QED) is 0.637. The van der Waals surface area contributed by atoms with Crippen molar-refractivity contribution in [3.05, 3.63) is 72.8 Å². The highest BCUT2D eigenvalue weighted by Crippen LogP contribution is 2.41. The molecule has 3 aromatic rings. The van der Waals surface area contributed by atoms with E-state index >= 15 is 0 Å². The molecule has 0 saturated carbocycles. The molecule has 0 radical (unpaired) electrons. The van der Waals surface area contributed by atoms with Gasteiger partial charge in [-0.15, -0.1) is 0 Å². The number of benzene rings is 3. The second-order valence-corrected chi connectivity index (χ2v) is 7.84. The molecule has 0 spiro atoms. The van der Waals surface area contributed by atoms with Crippen LogP contribution in [-0.2, 0) is 0 Å². The van der Waals surface area contributed by atoms with Gasteiger partial charge in [0.05, 0.1) is 21.3 Å². The van der Waals surface area contributed by atoms with Crippen LogP contribution in [0.5, 0.6) is 17.2 Å². The molecule has 0 N–H and O–H groups in total. The molecule has 3 nitrogen and oxygen atoms in total. The molecule has 128 valence electrons. The molecular formula is C21H22O3P+. The third-order valence-electron chi connectivity index (χ3n) is 4.13. The molecule has 0 saturated heterocycles. The molecule has 0 amide bonds. The van der Waals surface area contributed by atoms with Gasteiger partial charge in [-0.2, -0.15) is 0 Å². The van der Waals surface area contributed by atoms with Crippen LogP contribution in [0.3, 0.4) is 0 Å². The van der Waals surface area contributed by atoms with Gasteiger partial charge in [-0.25, -0.2) is 0 Å². The number of para-hydroxylation sites is 3. The average Bonchev–Trinajstić information content (AvgIpc) is 2.69. The molecule has 0 aliphatic carbocycles. The Hall–Kier alpha value is -2.51. The van der Waals surface area contributed by atoms with Crippen LogP contribution >= 0.6 is 7.92 Å². The van der Waals surface area contributed by atoms with Crippen molar-refractivity contribution in [2.24, 2.45) is 0 Å². The minimum absolute atomic E-state index is 0.883. The van der Waals surface area contributed by atoms with Gasteiger partial charge in [-0.3, -0.25) is 0 Å². The molecule has 0 bridgehead atoms. The zero-order chi connectivity index (χ0) is 17.6. The number of hydrogen-bond donors (Lipinski definition) is 0. The largest absolute Gasteiger partial charge is 0.493 e. The van der Waals surface area contributed by atoms with Crippen LogP contribution in [-0.4, -0.2) is 21.3 Å². The lowest BCUT2D eigenvalue weighted by Gasteiger charge is -2.17. The molecule has 0 heterocycles. The molecule has 0 fully saturated rings. The molecule has 0 atom stereocenters. The van der Waals surface area contributed by atoms with Crippen LogP contribution in [0, 0.1) is 0 Å². The maximum Gasteiger partial charge on any atom is 0.161 e. The summed E-state index contributed by atoms with van der Waals surface area (Å²) >= 11 is 0. The summed E-state index contributed by atoms with van der Waals surface area (Å²) in [6.07, 6.45) is 0. The van der Waals surface area contributed by atoms with E-state index in [-0.39, 0.29) is 0 Å². The van der Waals surface area contributed by atoms with Gasteiger partial charge in [0.1, 0.15) is 23.8 Å². The predicted octanol–water partition coefficient (Wildman–Crippen LogP) is 3.20. The van der Waals surface area contributed by atoms with Gasteiger partial charge >= 0.3 is 0 Å². The summed E-state index contributed by atoms with van der Waals surface area (Å²) in [6.45, 7) is 0. The summed E-state index contributed by atoms with van der Waals surface area (Å²) in [4.78, 5) is 0. The van der Waals surface area contributed by atoms with Crippen molar-refractivity contribution in [1.82, 2.24) is 0 Å². The minimum Gasteiger partial charge on any atom is -0.493 e. The number of rotatable bonds is 6. The highest BCUT2D eigenvalue weighted by atomic mass is 31.1. The van der Waals surface area contributed by atoms with Crippen molar-refractivity contribution in [2.75, 3.05) is 21.3 Å². The van der Waals surface area contributed by atoms with Crippen LogP contribution in [0.25, 0.3) is 0 Å². The first-order valence-electron chi connectivity index (χ1n) is 8.07. The Morgan fingerprint density at radius 1 is 0.480 bits per heavy atom. The van der Waals surface area contributed by atoms with Crippen molar-refractivity contribution < 1.29 is 14.2 Å². The first-order chi connectivity index (χ1) is 12.3. The number of ether oxygens (including phenoxy) is 3. The summed E-state index contributed by atoms with van der Waals surface area (Å²) < 4.78 is 17.0. The van der Waals surface area contributed by atoms with Gasteiger partial charge in [-0.1, -0.05) is 36.4 Å². The van der Waals surface area contributed by atoms with Gasteiger partial charge < -0.3 is 14.2 Å². The molecule has 0 aromatic heterocycles. The average molecular weight is 353 g/mol. The van der Waals surface area contributed by atoms with E-state index < -0.39 is 7.92 Å². The van der Waals surface area contributed by atoms with Crippen LogP contribution in [0.1, 0.15) is 0 Å². The van der Waals surface area contributed by atoms with Crippen LogP contribution in [0.15, 0.2) is 72.8 Å². The fourth-order valence-corrected chi connectivity index (χ4v) is 5.94. The zero-order valence-corrected chi connectivity index (χ0v) is 15.7. The van der Waals surface area contributed by atoms with E-state index in [2.05, 4.69) is 18.2 Å². The maximum absolute atomic E-state index is 5.66. The third-order valence-corrected chi connectivity index (χ3v) is 6.98. The van der Waals surface area contributed by atoms with Crippen molar-refractivity contribution in [3.63, 3.8) is 0 Å². The molecule has 3 rings (SSSR count). The maximum atomic E-state index is 5.66. The van der Waals surface area contributed by atoms with Crippen molar-refractivity contribution in [3.8, 4) is 17.2 Å². The van der Waals surface area contributed by atoms with E-state index in [0.29, 0.717) is 0 Å². The lowest BCUT2D eigenvalue weighted by Crippen LogP contribution is -2.24. The third kappa shape index (κ3) is 3.47. The lowest BCUT2D eigenvalue weighted by atomic mass is 10.3. The topological polar surface area (TPSA) is 27.7 Å². The first-order valence-corrected chi connectivity index (χ1v) is 9.57. The first kappa shape index (κ1) is 17.3. The Morgan fingerprint density at radius 2 is 0.760 bits per heavy atom. The second kappa shape index (κ2) is 8.04. The molecule has 0 aliphatic rings. The van der Waals surface area contributed by atoms with Crippen LogP contribution in [0.4, 0.5) is 0 Å². The molecule has 0 aliphatic heterocycles. The SMILES string of the molecule is COc1ccccc1[PH+](c1ccccc1OC)c1ccccc1OC. The Bertz CT molecular complexity index is 735. The predicted molar refractivity (Wildman–Crippen MR) is 106 cm³/mol. The van der Waals surface area contributed by atoms with Gasteiger partial charge in [-0.05, 0) is 36.4 Å². The Morgan fingerprint density at radius 3 is 1.04 bits per heavy atom. The molecular weight excluding hydrogens is 331 g/mol. The summed E-state index contributed by atoms with van der Waals surface area (Å²) in [5.74, 6) is 2.65. The monoisotopic (exact) mass is 353 g/mol. The molecule has 0 unspecified atom stereocenters. The standard InChI is InChI=1S/C21H21O3P/c1-22-16-10-4-7-13-19(16)25(20-14-8-5-11-17(20)23-2)21-15-9-6-12-18(21)24-3/h4-15H,1-3H3/p+1. The van der Waals surface area contributed by atoms with Gasteiger partial charge in [0.25, 0.3) is 0 Å². The van der Waals surface area contributed by atoms with Crippen LogP contribution < -0.4 is 30.1 Å². The van der Waals surface area contributed by atoms with Crippen molar-refractivity contribution in [2.45, 2.75) is 0 Å². The lowest BCUT2D eigenvalue weighted by molar-refractivity contribution is 0.416. The number of hydrogen-bond acceptors (Lipinski definition) is 3. The van der Waals surface area contributed by atoms with E-state index in [1.54, 1.807) is 21.3 Å². The number of methoxy groups -OCH3 is 3. The van der Waals surface area contributed by atoms with E-state index in [1.165, 1.54) is 15.9 Å². The molecule has 25 heavy (non-hydrogen) atoms. The summed E-state index contributed by atoms with van der Waals surface area (Å²) in [6, 6.07) is 24.5. The smallest absolute Gasteiger partial charge is 0.161 e. The van der Waals surface area contributed by atoms with E-state index in [9.17, 15) is 0 Å². The summed E-state index contributed by atoms with van der Waals surface area (Å²) in [7, 11) is 3.76. The molecule has 3 aromatic carbocycles. The fraction of sp³-hybridized carbons (Fsp3) is 0.143. The molecule has 4 heteroatoms. The second-order valence-electron chi connectivity index (χ2n) is 5.48. The summed E-state index contributed by atoms with van der Waals surface area (Å²) in [5, 5.41) is 3.51. The fourth-order valence-electron chi connectivity index (χ4n) is 2.99. The summed E-state index contributed by atoms with van der Waals surface area (Å²) in [5.41, 5.74) is 0. The van der Waals surface area contributed by atoms with Gasteiger partial charge in [0.2, 0.25) is 0 Å². The minimum atomic E-state index is -1.38. The highest BCUT2D eigenvalue weighted by Gasteiger charge is 2.34. The highest BCUT2D eigenvalue weighted by molar-refractivity contribution is 7.80. The Balaban J connectivity index is 2.29. The van der Waals surface area contributed by atoms with Gasteiger partial charge in [0.15, 0.2) is 17.2 Å². The van der Waals surface area contributed by atoms with Crippen molar-refractivity contribution in [1.29, 1.82) is 0 Å². The van der Waals surface area contributed by atoms with E-state index in [0.717, 1.165) is 17.2 Å². The zero-order valence-electron chi connectivity index (χ0n) is 14.7. The Kier molecular flexibility index (Phi) is 5.57. The van der Waals surface area contributed by atoms with E-state index in [4.69, 9.17) is 14.2 Å².